The predicted octanol–water partition coefficient (Wildman–Crippen LogP) is 1.36. The molecule has 0 aliphatic carbocycles. The third-order valence-electron chi connectivity index (χ3n) is 0.256. The first-order valence-electron chi connectivity index (χ1n) is 1.65. The van der Waals surface area contributed by atoms with Crippen molar-refractivity contribution in [1.29, 1.82) is 0 Å². The van der Waals surface area contributed by atoms with Gasteiger partial charge in [-0.2, -0.15) is 0 Å². The van der Waals surface area contributed by atoms with Gasteiger partial charge in [0.15, 0.2) is 0 Å². The molecular formula is C2H3NS2. The fraction of sp³-hybridized carbons (Fsp3) is 0. The Labute approximate surface area is 40.1 Å². The molecule has 0 spiro atoms. The van der Waals surface area contributed by atoms with Gasteiger partial charge in [0.05, 0.1) is 1.37 Å². The number of hydrogen-bond donors (Lipinski definition) is 1. The molecule has 1 N–H and O–H groups in total. The van der Waals surface area contributed by atoms with Gasteiger partial charge in [0.2, 0.25) is 0 Å². The smallest absolute Gasteiger partial charge is 0.0827 e. The van der Waals surface area contributed by atoms with Crippen LogP contribution >= 0.6 is 21.8 Å². The van der Waals surface area contributed by atoms with Crippen LogP contribution in [0.5, 0.6) is 0 Å². The summed E-state index contributed by atoms with van der Waals surface area (Å²) in [6.45, 7) is 0. The monoisotopic (exact) mass is 106 g/mol. The Bertz CT molecular complexity index is 81.6. The largest absolute Gasteiger partial charge is 0.327 e. The van der Waals surface area contributed by atoms with Crippen LogP contribution in [0.3, 0.4) is 0 Å². The molecule has 0 saturated carbocycles. The lowest BCUT2D eigenvalue weighted by Crippen LogP contribution is -1.76. The van der Waals surface area contributed by atoms with Crippen molar-refractivity contribution in [3.05, 3.63) is 11.6 Å². The van der Waals surface area contributed by atoms with Gasteiger partial charge in [0.25, 0.3) is 0 Å². The van der Waals surface area contributed by atoms with E-state index in [4.69, 9.17) is 1.37 Å². The second-order valence-electron chi connectivity index (χ2n) is 0.544. The van der Waals surface area contributed by atoms with Gasteiger partial charge < -0.3 is 4.72 Å². The van der Waals surface area contributed by atoms with Crippen LogP contribution in [0.15, 0.2) is 11.6 Å². The van der Waals surface area contributed by atoms with Crippen molar-refractivity contribution in [2.45, 2.75) is 0 Å². The van der Waals surface area contributed by atoms with Crippen LogP contribution < -0.4 is 4.72 Å². The first-order valence-corrected chi connectivity index (χ1v) is 3.36. The van der Waals surface area contributed by atoms with E-state index in [1.165, 1.54) is 21.8 Å². The number of rotatable bonds is 0. The van der Waals surface area contributed by atoms with Crippen LogP contribution in [0.4, 0.5) is 0 Å². The summed E-state index contributed by atoms with van der Waals surface area (Å²) >= 11 is 0. The lowest BCUT2D eigenvalue weighted by atomic mass is 11.1. The molecule has 1 aliphatic heterocycles. The first-order chi connectivity index (χ1) is 2.89. The minimum Gasteiger partial charge on any atom is -0.327 e. The summed E-state index contributed by atoms with van der Waals surface area (Å²) in [6, 6.07) is 0. The lowest BCUT2D eigenvalue weighted by Gasteiger charge is -1.75. The molecule has 1 aliphatic rings. The molecule has 0 unspecified atom stereocenters. The summed E-state index contributed by atoms with van der Waals surface area (Å²) in [5, 5.41) is 1.75. The lowest BCUT2D eigenvalue weighted by molar-refractivity contribution is 1.46. The molecule has 0 aromatic rings. The Morgan fingerprint density at radius 2 is 3.00 bits per heavy atom. The van der Waals surface area contributed by atoms with E-state index in [-0.39, 0.29) is 0 Å². The van der Waals surface area contributed by atoms with E-state index in [9.17, 15) is 0 Å². The maximum atomic E-state index is 6.84. The molecule has 0 aromatic carbocycles. The molecule has 0 saturated heterocycles. The van der Waals surface area contributed by atoms with Crippen LogP contribution in [0, 0.1) is 0 Å². The highest BCUT2D eigenvalue weighted by Gasteiger charge is 1.83. The van der Waals surface area contributed by atoms with Crippen molar-refractivity contribution in [3.63, 3.8) is 0 Å². The highest BCUT2D eigenvalue weighted by Crippen LogP contribution is 2.22. The maximum absolute atomic E-state index is 6.84. The van der Waals surface area contributed by atoms with Crippen LogP contribution in [-0.4, -0.2) is 0 Å². The molecule has 0 atom stereocenters. The van der Waals surface area contributed by atoms with E-state index in [0.717, 1.165) is 0 Å². The second kappa shape index (κ2) is 1.62. The van der Waals surface area contributed by atoms with Crippen molar-refractivity contribution >= 4 is 21.8 Å². The number of nitrogens with one attached hydrogen (secondary N) is 1. The summed E-state index contributed by atoms with van der Waals surface area (Å²) in [7, 11) is 3.01. The van der Waals surface area contributed by atoms with Crippen LogP contribution in [0.1, 0.15) is 1.37 Å². The van der Waals surface area contributed by atoms with Gasteiger partial charge in [-0.1, -0.05) is 0 Å². The molecule has 3 heteroatoms. The molecular weight excluding hydrogens is 102 g/mol. The Morgan fingerprint density at radius 1 is 2.00 bits per heavy atom. The first kappa shape index (κ1) is 2.42. The molecule has 0 fully saturated rings. The van der Waals surface area contributed by atoms with Crippen LogP contribution in [-0.2, 0) is 0 Å². The quantitative estimate of drug-likeness (QED) is 0.370. The molecule has 0 amide bonds. The second-order valence-corrected chi connectivity index (χ2v) is 2.42. The average molecular weight is 106 g/mol. The molecule has 0 bridgehead atoms. The van der Waals surface area contributed by atoms with Gasteiger partial charge in [0.1, 0.15) is 0 Å². The van der Waals surface area contributed by atoms with Crippen LogP contribution in [0.25, 0.3) is 0 Å². The SMILES string of the molecule is [2H]C1=CSSN1. The topological polar surface area (TPSA) is 12.0 Å². The van der Waals surface area contributed by atoms with E-state index < -0.39 is 0 Å². The molecule has 1 nitrogen and oxygen atoms in total. The summed E-state index contributed by atoms with van der Waals surface area (Å²) in [5.41, 5.74) is 0. The summed E-state index contributed by atoms with van der Waals surface area (Å²) in [5.74, 6) is 0. The molecule has 1 rings (SSSR count). The van der Waals surface area contributed by atoms with E-state index >= 15 is 0 Å². The van der Waals surface area contributed by atoms with E-state index in [1.807, 2.05) is 0 Å². The van der Waals surface area contributed by atoms with Gasteiger partial charge in [-0.25, -0.2) is 0 Å². The van der Waals surface area contributed by atoms with Crippen molar-refractivity contribution in [1.82, 2.24) is 4.72 Å². The van der Waals surface area contributed by atoms with Crippen molar-refractivity contribution in [2.75, 3.05) is 0 Å². The summed E-state index contributed by atoms with van der Waals surface area (Å²) in [6.07, 6.45) is 0.505. The fourth-order valence-corrected chi connectivity index (χ4v) is 1.08. The minimum atomic E-state index is 0.505. The van der Waals surface area contributed by atoms with E-state index in [0.29, 0.717) is 6.18 Å². The molecule has 5 heavy (non-hydrogen) atoms. The van der Waals surface area contributed by atoms with Crippen molar-refractivity contribution in [3.8, 4) is 0 Å². The number of hydrogen-bond acceptors (Lipinski definition) is 3. The maximum Gasteiger partial charge on any atom is 0.0827 e. The normalized spacial score (nSPS) is 24.0. The van der Waals surface area contributed by atoms with Gasteiger partial charge >= 0.3 is 0 Å². The summed E-state index contributed by atoms with van der Waals surface area (Å²) in [4.78, 5) is 0. The predicted molar refractivity (Wildman–Crippen MR) is 27.5 cm³/mol. The Hall–Kier alpha value is 0.240. The van der Waals surface area contributed by atoms with E-state index in [2.05, 4.69) is 4.72 Å². The van der Waals surface area contributed by atoms with Crippen molar-refractivity contribution in [2.24, 2.45) is 0 Å². The van der Waals surface area contributed by atoms with Gasteiger partial charge in [0, 0.05) is 22.6 Å². The molecule has 0 radical (unpaired) electrons. The zero-order valence-electron chi connectivity index (χ0n) is 3.39. The fourth-order valence-electron chi connectivity index (χ4n) is 0.120. The highest BCUT2D eigenvalue weighted by atomic mass is 33.1. The van der Waals surface area contributed by atoms with Gasteiger partial charge in [-0.05, 0) is 10.8 Å². The molecule has 28 valence electrons. The Morgan fingerprint density at radius 3 is 3.20 bits per heavy atom. The zero-order valence-corrected chi connectivity index (χ0v) is 4.03. The van der Waals surface area contributed by atoms with E-state index in [1.54, 1.807) is 5.41 Å². The Balaban J connectivity index is 2.45. The van der Waals surface area contributed by atoms with Crippen molar-refractivity contribution < 1.29 is 1.37 Å². The Kier molecular flexibility index (Phi) is 0.784. The third kappa shape index (κ3) is 0.775. The van der Waals surface area contributed by atoms with Crippen LogP contribution in [0.2, 0.25) is 0 Å². The zero-order chi connectivity index (χ0) is 4.41. The highest BCUT2D eigenvalue weighted by molar-refractivity contribution is 8.77. The van der Waals surface area contributed by atoms with Gasteiger partial charge in [-0.3, -0.25) is 0 Å². The standard InChI is InChI=1S/C2H3NS2/c1-2-4-5-3-1/h1-3H/i1D. The van der Waals surface area contributed by atoms with Gasteiger partial charge in [-0.15, -0.1) is 0 Å². The summed E-state index contributed by atoms with van der Waals surface area (Å²) < 4.78 is 9.57. The minimum absolute atomic E-state index is 0.505. The average Bonchev–Trinajstić information content (AvgIpc) is 1.86. The molecule has 0 aromatic heterocycles. The third-order valence-corrected chi connectivity index (χ3v) is 1.59. The molecule has 1 heterocycles.